The molecule has 2 aromatic rings. The number of rotatable bonds is 5. The molecule has 1 aromatic heterocycles. The van der Waals surface area contributed by atoms with Crippen molar-refractivity contribution in [2.24, 2.45) is 0 Å². The molecule has 2 heterocycles. The average Bonchev–Trinajstić information content (AvgIpc) is 2.66. The molecule has 0 aliphatic carbocycles. The van der Waals surface area contributed by atoms with Crippen LogP contribution in [0.15, 0.2) is 42.5 Å². The molecule has 1 unspecified atom stereocenters. The molecule has 0 saturated carbocycles. The third kappa shape index (κ3) is 3.57. The number of benzene rings is 1. The molecule has 0 spiro atoms. The summed E-state index contributed by atoms with van der Waals surface area (Å²) in [6, 6.07) is 11.6. The number of amides is 2. The van der Waals surface area contributed by atoms with E-state index in [1.807, 2.05) is 25.1 Å². The molecule has 0 radical (unpaired) electrons. The zero-order chi connectivity index (χ0) is 19.6. The molecule has 9 nitrogen and oxygen atoms in total. The molecular weight excluding hydrogens is 352 g/mol. The average molecular weight is 370 g/mol. The van der Waals surface area contributed by atoms with Crippen LogP contribution < -0.4 is 14.5 Å². The van der Waals surface area contributed by atoms with Crippen LogP contribution >= 0.6 is 0 Å². The zero-order valence-corrected chi connectivity index (χ0v) is 14.9. The lowest BCUT2D eigenvalue weighted by molar-refractivity contribution is -0.389. The van der Waals surface area contributed by atoms with Crippen molar-refractivity contribution in [2.75, 3.05) is 22.9 Å². The van der Waals surface area contributed by atoms with Crippen LogP contribution in [-0.4, -0.2) is 40.9 Å². The standard InChI is InChI=1S/C18H18N4O5/c1-3-20(13-7-5-4-6-8-13)16(23)11-21-17-14(27-12(2)18(21)24)9-10-15(19-17)22(25)26/h4-10,12H,3,11H2,1-2H3. The Morgan fingerprint density at radius 2 is 2.00 bits per heavy atom. The summed E-state index contributed by atoms with van der Waals surface area (Å²) in [5.41, 5.74) is 0.700. The number of hydrogen-bond donors (Lipinski definition) is 0. The van der Waals surface area contributed by atoms with Gasteiger partial charge in [0.1, 0.15) is 6.54 Å². The topological polar surface area (TPSA) is 106 Å². The molecule has 0 saturated heterocycles. The van der Waals surface area contributed by atoms with Crippen molar-refractivity contribution >= 4 is 29.1 Å². The number of likely N-dealkylation sites (N-methyl/N-ethyl adjacent to an activating group) is 1. The molecule has 1 aliphatic heterocycles. The van der Waals surface area contributed by atoms with E-state index in [0.717, 1.165) is 4.90 Å². The smallest absolute Gasteiger partial charge is 0.366 e. The summed E-state index contributed by atoms with van der Waals surface area (Å²) < 4.78 is 5.46. The molecule has 0 N–H and O–H groups in total. The van der Waals surface area contributed by atoms with E-state index < -0.39 is 22.8 Å². The van der Waals surface area contributed by atoms with Crippen LogP contribution in [0.1, 0.15) is 13.8 Å². The van der Waals surface area contributed by atoms with Crippen LogP contribution in [0.3, 0.4) is 0 Å². The van der Waals surface area contributed by atoms with Crippen molar-refractivity contribution in [1.82, 2.24) is 4.98 Å². The van der Waals surface area contributed by atoms with Crippen LogP contribution in [0, 0.1) is 10.1 Å². The van der Waals surface area contributed by atoms with Crippen molar-refractivity contribution in [2.45, 2.75) is 20.0 Å². The Kier molecular flexibility index (Phi) is 5.02. The van der Waals surface area contributed by atoms with E-state index in [9.17, 15) is 19.7 Å². The first kappa shape index (κ1) is 18.3. The number of fused-ring (bicyclic) bond motifs is 1. The van der Waals surface area contributed by atoms with Crippen LogP contribution in [0.4, 0.5) is 17.3 Å². The van der Waals surface area contributed by atoms with Gasteiger partial charge in [-0.15, -0.1) is 0 Å². The molecule has 2 amide bonds. The predicted molar refractivity (Wildman–Crippen MR) is 97.8 cm³/mol. The Morgan fingerprint density at radius 1 is 1.30 bits per heavy atom. The van der Waals surface area contributed by atoms with Gasteiger partial charge in [-0.1, -0.05) is 18.2 Å². The van der Waals surface area contributed by atoms with E-state index >= 15 is 0 Å². The Bertz CT molecular complexity index is 887. The van der Waals surface area contributed by atoms with Gasteiger partial charge >= 0.3 is 5.82 Å². The number of carbonyl (C=O) groups is 2. The number of carbonyl (C=O) groups excluding carboxylic acids is 2. The first-order valence-electron chi connectivity index (χ1n) is 8.41. The maximum absolute atomic E-state index is 12.9. The van der Waals surface area contributed by atoms with E-state index in [1.54, 1.807) is 19.1 Å². The lowest BCUT2D eigenvalue weighted by Crippen LogP contribution is -2.50. The summed E-state index contributed by atoms with van der Waals surface area (Å²) in [6.07, 6.45) is -0.819. The van der Waals surface area contributed by atoms with Gasteiger partial charge in [0.05, 0.1) is 0 Å². The summed E-state index contributed by atoms with van der Waals surface area (Å²) in [5, 5.41) is 11.0. The first-order chi connectivity index (χ1) is 12.9. The Labute approximate surface area is 155 Å². The molecule has 0 fully saturated rings. The highest BCUT2D eigenvalue weighted by Crippen LogP contribution is 2.34. The van der Waals surface area contributed by atoms with E-state index in [2.05, 4.69) is 4.98 Å². The van der Waals surface area contributed by atoms with E-state index in [0.29, 0.717) is 12.2 Å². The minimum atomic E-state index is -0.819. The van der Waals surface area contributed by atoms with E-state index in [-0.39, 0.29) is 24.0 Å². The summed E-state index contributed by atoms with van der Waals surface area (Å²) in [7, 11) is 0. The third-order valence-electron chi connectivity index (χ3n) is 4.16. The highest BCUT2D eigenvalue weighted by Gasteiger charge is 2.38. The van der Waals surface area contributed by atoms with Crippen LogP contribution in [-0.2, 0) is 9.59 Å². The predicted octanol–water partition coefficient (Wildman–Crippen LogP) is 2.16. The monoisotopic (exact) mass is 370 g/mol. The molecule has 3 rings (SSSR count). The fraction of sp³-hybridized carbons (Fsp3) is 0.278. The minimum absolute atomic E-state index is 0.0234. The second-order valence-corrected chi connectivity index (χ2v) is 5.91. The number of ether oxygens (including phenoxy) is 1. The van der Waals surface area contributed by atoms with Crippen molar-refractivity contribution < 1.29 is 19.2 Å². The van der Waals surface area contributed by atoms with Gasteiger partial charge in [-0.25, -0.2) is 0 Å². The lowest BCUT2D eigenvalue weighted by Gasteiger charge is -2.30. The van der Waals surface area contributed by atoms with Gasteiger partial charge in [-0.3, -0.25) is 14.5 Å². The van der Waals surface area contributed by atoms with Gasteiger partial charge in [0.15, 0.2) is 11.9 Å². The van der Waals surface area contributed by atoms with Gasteiger partial charge in [0, 0.05) is 18.3 Å². The van der Waals surface area contributed by atoms with Gasteiger partial charge in [-0.2, -0.15) is 0 Å². The van der Waals surface area contributed by atoms with Gasteiger partial charge in [0.25, 0.3) is 11.7 Å². The molecular formula is C18H18N4O5. The van der Waals surface area contributed by atoms with Crippen molar-refractivity contribution in [3.8, 4) is 5.75 Å². The molecule has 0 bridgehead atoms. The van der Waals surface area contributed by atoms with Crippen molar-refractivity contribution in [1.29, 1.82) is 0 Å². The second-order valence-electron chi connectivity index (χ2n) is 5.91. The second kappa shape index (κ2) is 7.40. The number of pyridine rings is 1. The summed E-state index contributed by atoms with van der Waals surface area (Å²) >= 11 is 0. The third-order valence-corrected chi connectivity index (χ3v) is 4.16. The Morgan fingerprint density at radius 3 is 2.63 bits per heavy atom. The minimum Gasteiger partial charge on any atom is -0.475 e. The number of hydrogen-bond acceptors (Lipinski definition) is 6. The molecule has 1 aromatic carbocycles. The normalized spacial score (nSPS) is 15.7. The maximum atomic E-state index is 12.9. The lowest BCUT2D eigenvalue weighted by atomic mass is 10.2. The molecule has 1 aliphatic rings. The number of nitro groups is 1. The fourth-order valence-corrected chi connectivity index (χ4v) is 2.86. The Balaban J connectivity index is 1.93. The fourth-order valence-electron chi connectivity index (χ4n) is 2.86. The van der Waals surface area contributed by atoms with Gasteiger partial charge in [-0.05, 0) is 42.0 Å². The summed E-state index contributed by atoms with van der Waals surface area (Å²) in [4.78, 5) is 42.4. The maximum Gasteiger partial charge on any atom is 0.366 e. The Hall–Kier alpha value is -3.49. The SMILES string of the molecule is CCN(C(=O)CN1C(=O)C(C)Oc2ccc([N+](=O)[O-])nc21)c1ccccc1. The summed E-state index contributed by atoms with van der Waals surface area (Å²) in [5.74, 6) is -1.03. The zero-order valence-electron chi connectivity index (χ0n) is 14.9. The molecule has 140 valence electrons. The largest absolute Gasteiger partial charge is 0.475 e. The molecule has 9 heteroatoms. The van der Waals surface area contributed by atoms with Crippen molar-refractivity contribution in [3.05, 3.63) is 52.6 Å². The van der Waals surface area contributed by atoms with Crippen LogP contribution in [0.5, 0.6) is 5.75 Å². The molecule has 27 heavy (non-hydrogen) atoms. The van der Waals surface area contributed by atoms with Crippen LogP contribution in [0.25, 0.3) is 0 Å². The van der Waals surface area contributed by atoms with Gasteiger partial charge in [0.2, 0.25) is 5.91 Å². The van der Waals surface area contributed by atoms with Crippen LogP contribution in [0.2, 0.25) is 0 Å². The number of nitrogens with zero attached hydrogens (tertiary/aromatic N) is 4. The van der Waals surface area contributed by atoms with Gasteiger partial charge < -0.3 is 19.8 Å². The van der Waals surface area contributed by atoms with E-state index in [1.165, 1.54) is 17.0 Å². The van der Waals surface area contributed by atoms with Crippen molar-refractivity contribution in [3.63, 3.8) is 0 Å². The van der Waals surface area contributed by atoms with E-state index in [4.69, 9.17) is 4.74 Å². The highest BCUT2D eigenvalue weighted by atomic mass is 16.6. The number of para-hydroxylation sites is 1. The number of aromatic nitrogens is 1. The number of anilines is 2. The quantitative estimate of drug-likeness (QED) is 0.590. The molecule has 1 atom stereocenters. The first-order valence-corrected chi connectivity index (χ1v) is 8.41. The highest BCUT2D eigenvalue weighted by molar-refractivity contribution is 6.06. The summed E-state index contributed by atoms with van der Waals surface area (Å²) in [6.45, 7) is 3.49.